The van der Waals surface area contributed by atoms with Crippen LogP contribution in [-0.2, 0) is 4.79 Å². The van der Waals surface area contributed by atoms with Gasteiger partial charge in [-0.15, -0.1) is 0 Å². The van der Waals surface area contributed by atoms with Crippen LogP contribution in [0.3, 0.4) is 0 Å². The molecule has 1 atom stereocenters. The van der Waals surface area contributed by atoms with Crippen LogP contribution in [0.5, 0.6) is 0 Å². The van der Waals surface area contributed by atoms with E-state index in [0.717, 1.165) is 11.1 Å². The molecule has 1 N–H and O–H groups in total. The van der Waals surface area contributed by atoms with Crippen molar-refractivity contribution in [2.24, 2.45) is 5.92 Å². The van der Waals surface area contributed by atoms with E-state index in [2.05, 4.69) is 0 Å². The normalized spacial score (nSPS) is 24.0. The van der Waals surface area contributed by atoms with Gasteiger partial charge in [0.05, 0.1) is 5.92 Å². The molecule has 2 heteroatoms. The van der Waals surface area contributed by atoms with E-state index in [0.29, 0.717) is 6.42 Å². The highest BCUT2D eigenvalue weighted by atomic mass is 16.4. The van der Waals surface area contributed by atoms with Gasteiger partial charge in [0.25, 0.3) is 0 Å². The van der Waals surface area contributed by atoms with Gasteiger partial charge in [0.1, 0.15) is 0 Å². The number of rotatable bonds is 1. The van der Waals surface area contributed by atoms with Gasteiger partial charge in [0, 0.05) is 0 Å². The molecule has 0 aliphatic heterocycles. The van der Waals surface area contributed by atoms with Gasteiger partial charge in [-0.25, -0.2) is 0 Å². The molecular weight excluding hydrogens is 140 g/mol. The fourth-order valence-corrected chi connectivity index (χ4v) is 1.38. The van der Waals surface area contributed by atoms with E-state index in [9.17, 15) is 4.79 Å². The molecule has 0 aromatic rings. The smallest absolute Gasteiger partial charge is 0.310 e. The fraction of sp³-hybridized carbons (Fsp3) is 0.444. The third kappa shape index (κ3) is 1.93. The van der Waals surface area contributed by atoms with Crippen LogP contribution in [0.15, 0.2) is 23.3 Å². The Morgan fingerprint density at radius 3 is 2.73 bits per heavy atom. The lowest BCUT2D eigenvalue weighted by Crippen LogP contribution is -2.13. The maximum absolute atomic E-state index is 10.6. The highest BCUT2D eigenvalue weighted by Gasteiger charge is 2.17. The van der Waals surface area contributed by atoms with Crippen LogP contribution in [0.1, 0.15) is 20.3 Å². The first-order valence-electron chi connectivity index (χ1n) is 3.68. The molecule has 0 fully saturated rings. The third-order valence-electron chi connectivity index (χ3n) is 1.80. The van der Waals surface area contributed by atoms with Crippen LogP contribution in [0.4, 0.5) is 0 Å². The Bertz CT molecular complexity index is 236. The fourth-order valence-electron chi connectivity index (χ4n) is 1.38. The Hall–Kier alpha value is -1.05. The summed E-state index contributed by atoms with van der Waals surface area (Å²) in [5.41, 5.74) is 2.21. The summed E-state index contributed by atoms with van der Waals surface area (Å²) in [6.07, 6.45) is 4.49. The first-order valence-corrected chi connectivity index (χ1v) is 3.68. The molecule has 0 radical (unpaired) electrons. The quantitative estimate of drug-likeness (QED) is 0.623. The van der Waals surface area contributed by atoms with Crippen LogP contribution in [0, 0.1) is 5.92 Å². The zero-order chi connectivity index (χ0) is 8.43. The summed E-state index contributed by atoms with van der Waals surface area (Å²) >= 11 is 0. The van der Waals surface area contributed by atoms with Gasteiger partial charge in [0.2, 0.25) is 0 Å². The second-order valence-corrected chi connectivity index (χ2v) is 3.05. The lowest BCUT2D eigenvalue weighted by atomic mass is 9.92. The predicted octanol–water partition coefficient (Wildman–Crippen LogP) is 1.98. The van der Waals surface area contributed by atoms with E-state index < -0.39 is 5.97 Å². The number of allylic oxidation sites excluding steroid dienone is 3. The molecular formula is C9H12O2. The number of aliphatic carboxylic acids is 1. The van der Waals surface area contributed by atoms with Crippen molar-refractivity contribution in [1.82, 2.24) is 0 Å². The minimum atomic E-state index is -0.725. The average molecular weight is 152 g/mol. The second-order valence-electron chi connectivity index (χ2n) is 3.05. The SMILES string of the molecule is CC1=CC(C(=O)O)CC(C)=C1. The van der Waals surface area contributed by atoms with E-state index in [4.69, 9.17) is 5.11 Å². The number of carboxylic acid groups (broad SMARTS) is 1. The molecule has 0 saturated heterocycles. The molecule has 2 nitrogen and oxygen atoms in total. The van der Waals surface area contributed by atoms with Gasteiger partial charge in [0.15, 0.2) is 0 Å². The molecule has 1 aliphatic rings. The molecule has 0 aromatic heterocycles. The van der Waals surface area contributed by atoms with Crippen molar-refractivity contribution in [3.63, 3.8) is 0 Å². The second kappa shape index (κ2) is 2.91. The Morgan fingerprint density at radius 1 is 1.64 bits per heavy atom. The van der Waals surface area contributed by atoms with Crippen molar-refractivity contribution >= 4 is 5.97 Å². The molecule has 11 heavy (non-hydrogen) atoms. The number of carboxylic acids is 1. The molecule has 0 aromatic carbocycles. The largest absolute Gasteiger partial charge is 0.481 e. The Balaban J connectivity index is 2.79. The van der Waals surface area contributed by atoms with E-state index >= 15 is 0 Å². The molecule has 1 rings (SSSR count). The summed E-state index contributed by atoms with van der Waals surface area (Å²) < 4.78 is 0. The van der Waals surface area contributed by atoms with Crippen LogP contribution < -0.4 is 0 Å². The van der Waals surface area contributed by atoms with E-state index in [1.54, 1.807) is 6.08 Å². The van der Waals surface area contributed by atoms with Gasteiger partial charge in [-0.05, 0) is 20.3 Å². The van der Waals surface area contributed by atoms with Crippen molar-refractivity contribution < 1.29 is 9.90 Å². The van der Waals surface area contributed by atoms with Crippen molar-refractivity contribution in [3.8, 4) is 0 Å². The van der Waals surface area contributed by atoms with Gasteiger partial charge in [-0.3, -0.25) is 4.79 Å². The third-order valence-corrected chi connectivity index (χ3v) is 1.80. The van der Waals surface area contributed by atoms with Crippen LogP contribution in [0.25, 0.3) is 0 Å². The summed E-state index contributed by atoms with van der Waals surface area (Å²) in [6, 6.07) is 0. The van der Waals surface area contributed by atoms with Crippen molar-refractivity contribution in [3.05, 3.63) is 23.3 Å². The summed E-state index contributed by atoms with van der Waals surface area (Å²) in [5.74, 6) is -1.03. The standard InChI is InChI=1S/C9H12O2/c1-6-3-7(2)5-8(4-6)9(10)11/h3-4,8H,5H2,1-2H3,(H,10,11). The minimum absolute atomic E-state index is 0.306. The number of hydrogen-bond donors (Lipinski definition) is 1. The van der Waals surface area contributed by atoms with E-state index in [-0.39, 0.29) is 5.92 Å². The molecule has 60 valence electrons. The Labute approximate surface area is 66.2 Å². The molecule has 1 unspecified atom stereocenters. The first kappa shape index (κ1) is 8.05. The van der Waals surface area contributed by atoms with Gasteiger partial charge < -0.3 is 5.11 Å². The molecule has 0 spiro atoms. The van der Waals surface area contributed by atoms with E-state index in [1.807, 2.05) is 19.9 Å². The van der Waals surface area contributed by atoms with Gasteiger partial charge in [-0.2, -0.15) is 0 Å². The highest BCUT2D eigenvalue weighted by Crippen LogP contribution is 2.21. The number of carbonyl (C=O) groups is 1. The van der Waals surface area contributed by atoms with Gasteiger partial charge in [-0.1, -0.05) is 23.3 Å². The average Bonchev–Trinajstić information content (AvgIpc) is 1.85. The summed E-state index contributed by atoms with van der Waals surface area (Å²) in [4.78, 5) is 10.6. The monoisotopic (exact) mass is 152 g/mol. The van der Waals surface area contributed by atoms with Crippen molar-refractivity contribution in [1.29, 1.82) is 0 Å². The molecule has 0 heterocycles. The molecule has 0 saturated carbocycles. The van der Waals surface area contributed by atoms with Gasteiger partial charge >= 0.3 is 5.97 Å². The first-order chi connectivity index (χ1) is 5.09. The number of hydrogen-bond acceptors (Lipinski definition) is 1. The maximum Gasteiger partial charge on any atom is 0.310 e. The van der Waals surface area contributed by atoms with Crippen LogP contribution >= 0.6 is 0 Å². The lowest BCUT2D eigenvalue weighted by Gasteiger charge is -2.13. The molecule has 0 bridgehead atoms. The zero-order valence-electron chi connectivity index (χ0n) is 6.79. The summed E-state index contributed by atoms with van der Waals surface area (Å²) in [6.45, 7) is 3.89. The summed E-state index contributed by atoms with van der Waals surface area (Å²) in [5, 5.41) is 8.70. The molecule has 1 aliphatic carbocycles. The lowest BCUT2D eigenvalue weighted by molar-refractivity contribution is -0.140. The van der Waals surface area contributed by atoms with E-state index in [1.165, 1.54) is 0 Å². The Morgan fingerprint density at radius 2 is 2.27 bits per heavy atom. The zero-order valence-corrected chi connectivity index (χ0v) is 6.79. The maximum atomic E-state index is 10.6. The Kier molecular flexibility index (Phi) is 2.13. The summed E-state index contributed by atoms with van der Waals surface area (Å²) in [7, 11) is 0. The van der Waals surface area contributed by atoms with Crippen LogP contribution in [-0.4, -0.2) is 11.1 Å². The molecule has 0 amide bonds. The van der Waals surface area contributed by atoms with Crippen LogP contribution in [0.2, 0.25) is 0 Å². The topological polar surface area (TPSA) is 37.3 Å². The highest BCUT2D eigenvalue weighted by molar-refractivity contribution is 5.73. The van der Waals surface area contributed by atoms with Crippen molar-refractivity contribution in [2.75, 3.05) is 0 Å². The van der Waals surface area contributed by atoms with Crippen molar-refractivity contribution in [2.45, 2.75) is 20.3 Å². The predicted molar refractivity (Wildman–Crippen MR) is 43.3 cm³/mol. The minimum Gasteiger partial charge on any atom is -0.481 e.